The number of fused-ring (bicyclic) bond motifs is 1. The van der Waals surface area contributed by atoms with E-state index >= 15 is 0 Å². The molecule has 6 nitrogen and oxygen atoms in total. The standard InChI is InChI=1S/C15H27N3O3/c1-4-10(2)13(14(19)20)16-15(21)18-9-12-6-5-7-17(12)8-11(18)3/h10-13H,4-9H2,1-3H3,(H,16,21)(H,19,20). The van der Waals surface area contributed by atoms with Crippen molar-refractivity contribution in [1.29, 1.82) is 0 Å². The molecule has 0 aromatic carbocycles. The van der Waals surface area contributed by atoms with Crippen molar-refractivity contribution < 1.29 is 14.7 Å². The molecule has 0 aliphatic carbocycles. The lowest BCUT2D eigenvalue weighted by Crippen LogP contribution is -2.61. The molecule has 6 heteroatoms. The Labute approximate surface area is 126 Å². The molecule has 2 saturated heterocycles. The number of carboxylic acids is 1. The van der Waals surface area contributed by atoms with Crippen LogP contribution in [0.1, 0.15) is 40.0 Å². The molecule has 4 atom stereocenters. The molecule has 0 bridgehead atoms. The number of aliphatic carboxylic acids is 1. The topological polar surface area (TPSA) is 72.9 Å². The van der Waals surface area contributed by atoms with Gasteiger partial charge < -0.3 is 15.3 Å². The summed E-state index contributed by atoms with van der Waals surface area (Å²) in [5.74, 6) is -1.03. The molecular formula is C15H27N3O3. The van der Waals surface area contributed by atoms with Gasteiger partial charge in [-0.1, -0.05) is 20.3 Å². The smallest absolute Gasteiger partial charge is 0.326 e. The van der Waals surface area contributed by atoms with Crippen LogP contribution in [-0.4, -0.2) is 64.7 Å². The van der Waals surface area contributed by atoms with Gasteiger partial charge in [-0.15, -0.1) is 0 Å². The lowest BCUT2D eigenvalue weighted by molar-refractivity contribution is -0.140. The molecule has 0 spiro atoms. The van der Waals surface area contributed by atoms with Gasteiger partial charge in [0.05, 0.1) is 0 Å². The molecule has 2 amide bonds. The highest BCUT2D eigenvalue weighted by Gasteiger charge is 2.37. The quantitative estimate of drug-likeness (QED) is 0.822. The molecule has 2 aliphatic heterocycles. The Morgan fingerprint density at radius 3 is 2.71 bits per heavy atom. The molecule has 0 saturated carbocycles. The van der Waals surface area contributed by atoms with Gasteiger partial charge >= 0.3 is 12.0 Å². The van der Waals surface area contributed by atoms with Gasteiger partial charge in [-0.05, 0) is 32.2 Å². The van der Waals surface area contributed by atoms with Crippen molar-refractivity contribution >= 4 is 12.0 Å². The minimum Gasteiger partial charge on any atom is -0.480 e. The van der Waals surface area contributed by atoms with E-state index in [-0.39, 0.29) is 18.0 Å². The van der Waals surface area contributed by atoms with E-state index < -0.39 is 12.0 Å². The lowest BCUT2D eigenvalue weighted by atomic mass is 9.99. The fraction of sp³-hybridized carbons (Fsp3) is 0.867. The van der Waals surface area contributed by atoms with Crippen LogP contribution >= 0.6 is 0 Å². The molecule has 120 valence electrons. The Kier molecular flexibility index (Phi) is 5.08. The van der Waals surface area contributed by atoms with E-state index in [0.717, 1.165) is 25.9 Å². The molecule has 2 heterocycles. The monoisotopic (exact) mass is 297 g/mol. The number of nitrogens with one attached hydrogen (secondary N) is 1. The SMILES string of the molecule is CCC(C)C(NC(=O)N1CC2CCCN2CC1C)C(=O)O. The lowest BCUT2D eigenvalue weighted by Gasteiger charge is -2.42. The number of carbonyl (C=O) groups is 2. The molecule has 2 aliphatic rings. The number of urea groups is 1. The molecule has 2 rings (SSSR count). The Bertz CT molecular complexity index is 402. The summed E-state index contributed by atoms with van der Waals surface area (Å²) in [7, 11) is 0. The maximum absolute atomic E-state index is 12.5. The van der Waals surface area contributed by atoms with E-state index in [2.05, 4.69) is 10.2 Å². The Hall–Kier alpha value is -1.30. The minimum atomic E-state index is -0.954. The van der Waals surface area contributed by atoms with Crippen molar-refractivity contribution in [3.8, 4) is 0 Å². The zero-order chi connectivity index (χ0) is 15.6. The molecule has 0 radical (unpaired) electrons. The van der Waals surface area contributed by atoms with Crippen LogP contribution in [0.3, 0.4) is 0 Å². The van der Waals surface area contributed by atoms with Gasteiger partial charge in [0, 0.05) is 25.2 Å². The maximum Gasteiger partial charge on any atom is 0.326 e. The molecule has 2 fully saturated rings. The third-order valence-electron chi connectivity index (χ3n) is 4.96. The first-order chi connectivity index (χ1) is 9.93. The molecule has 0 aromatic rings. The molecular weight excluding hydrogens is 270 g/mol. The zero-order valence-corrected chi connectivity index (χ0v) is 13.2. The van der Waals surface area contributed by atoms with E-state index in [0.29, 0.717) is 12.6 Å². The van der Waals surface area contributed by atoms with E-state index in [1.807, 2.05) is 25.7 Å². The first-order valence-electron chi connectivity index (χ1n) is 7.98. The van der Waals surface area contributed by atoms with Crippen molar-refractivity contribution in [3.63, 3.8) is 0 Å². The van der Waals surface area contributed by atoms with Crippen LogP contribution in [0.25, 0.3) is 0 Å². The number of nitrogens with zero attached hydrogens (tertiary/aromatic N) is 2. The first kappa shape index (κ1) is 16.1. The van der Waals surface area contributed by atoms with Crippen LogP contribution in [0, 0.1) is 5.92 Å². The van der Waals surface area contributed by atoms with Crippen LogP contribution < -0.4 is 5.32 Å². The van der Waals surface area contributed by atoms with E-state index in [1.54, 1.807) is 0 Å². The fourth-order valence-corrected chi connectivity index (χ4v) is 3.37. The number of amides is 2. The number of piperazine rings is 1. The van der Waals surface area contributed by atoms with Gasteiger partial charge in [-0.25, -0.2) is 9.59 Å². The van der Waals surface area contributed by atoms with Gasteiger partial charge in [0.25, 0.3) is 0 Å². The highest BCUT2D eigenvalue weighted by Crippen LogP contribution is 2.24. The largest absolute Gasteiger partial charge is 0.480 e. The zero-order valence-electron chi connectivity index (χ0n) is 13.2. The van der Waals surface area contributed by atoms with Gasteiger partial charge in [0.15, 0.2) is 0 Å². The second-order valence-electron chi connectivity index (χ2n) is 6.44. The Balaban J connectivity index is 1.99. The second-order valence-corrected chi connectivity index (χ2v) is 6.44. The van der Waals surface area contributed by atoms with Gasteiger partial charge in [0.1, 0.15) is 6.04 Å². The molecule has 0 aromatic heterocycles. The van der Waals surface area contributed by atoms with Gasteiger partial charge in [0.2, 0.25) is 0 Å². The highest BCUT2D eigenvalue weighted by atomic mass is 16.4. The van der Waals surface area contributed by atoms with Crippen LogP contribution in [0.4, 0.5) is 4.79 Å². The number of rotatable bonds is 4. The molecule has 21 heavy (non-hydrogen) atoms. The number of carboxylic acid groups (broad SMARTS) is 1. The Morgan fingerprint density at radius 2 is 2.10 bits per heavy atom. The van der Waals surface area contributed by atoms with Crippen LogP contribution in [0.2, 0.25) is 0 Å². The number of hydrogen-bond acceptors (Lipinski definition) is 3. The average molecular weight is 297 g/mol. The van der Waals surface area contributed by atoms with E-state index in [9.17, 15) is 14.7 Å². The number of hydrogen-bond donors (Lipinski definition) is 2. The molecule has 4 unspecified atom stereocenters. The van der Waals surface area contributed by atoms with E-state index in [1.165, 1.54) is 6.42 Å². The summed E-state index contributed by atoms with van der Waals surface area (Å²) >= 11 is 0. The average Bonchev–Trinajstić information content (AvgIpc) is 2.89. The maximum atomic E-state index is 12.5. The summed E-state index contributed by atoms with van der Waals surface area (Å²) in [6.45, 7) is 8.55. The van der Waals surface area contributed by atoms with Crippen molar-refractivity contribution in [2.24, 2.45) is 5.92 Å². The van der Waals surface area contributed by atoms with Gasteiger partial charge in [-0.2, -0.15) is 0 Å². The van der Waals surface area contributed by atoms with Crippen molar-refractivity contribution in [3.05, 3.63) is 0 Å². The summed E-state index contributed by atoms with van der Waals surface area (Å²) in [5, 5.41) is 12.0. The third-order valence-corrected chi connectivity index (χ3v) is 4.96. The predicted molar refractivity (Wildman–Crippen MR) is 80.2 cm³/mol. The van der Waals surface area contributed by atoms with Gasteiger partial charge in [-0.3, -0.25) is 4.90 Å². The summed E-state index contributed by atoms with van der Waals surface area (Å²) in [6.07, 6.45) is 3.05. The highest BCUT2D eigenvalue weighted by molar-refractivity contribution is 5.83. The summed E-state index contributed by atoms with van der Waals surface area (Å²) < 4.78 is 0. The summed E-state index contributed by atoms with van der Waals surface area (Å²) in [6, 6.07) is -0.470. The third kappa shape index (κ3) is 3.48. The summed E-state index contributed by atoms with van der Waals surface area (Å²) in [5.41, 5.74) is 0. The minimum absolute atomic E-state index is 0.0745. The summed E-state index contributed by atoms with van der Waals surface area (Å²) in [4.78, 5) is 28.1. The van der Waals surface area contributed by atoms with Crippen LogP contribution in [0.15, 0.2) is 0 Å². The second kappa shape index (κ2) is 6.64. The molecule has 2 N–H and O–H groups in total. The van der Waals surface area contributed by atoms with Crippen molar-refractivity contribution in [2.75, 3.05) is 19.6 Å². The fourth-order valence-electron chi connectivity index (χ4n) is 3.37. The van der Waals surface area contributed by atoms with Crippen LogP contribution in [-0.2, 0) is 4.79 Å². The first-order valence-corrected chi connectivity index (χ1v) is 7.98. The van der Waals surface area contributed by atoms with Crippen molar-refractivity contribution in [1.82, 2.24) is 15.1 Å². The van der Waals surface area contributed by atoms with E-state index in [4.69, 9.17) is 0 Å². The predicted octanol–water partition coefficient (Wildman–Crippen LogP) is 1.36. The van der Waals surface area contributed by atoms with Crippen LogP contribution in [0.5, 0.6) is 0 Å². The normalized spacial score (nSPS) is 28.8. The Morgan fingerprint density at radius 1 is 1.38 bits per heavy atom. The van der Waals surface area contributed by atoms with Crippen molar-refractivity contribution in [2.45, 2.75) is 58.2 Å². The number of carbonyl (C=O) groups excluding carboxylic acids is 1.